The van der Waals surface area contributed by atoms with Gasteiger partial charge >= 0.3 is 19.9 Å². The first-order valence-electron chi connectivity index (χ1n) is 9.16. The van der Waals surface area contributed by atoms with Crippen LogP contribution in [0.1, 0.15) is 19.4 Å². The van der Waals surface area contributed by atoms with Gasteiger partial charge in [-0.05, 0) is 20.8 Å². The lowest BCUT2D eigenvalue weighted by atomic mass is 10.2. The van der Waals surface area contributed by atoms with Gasteiger partial charge in [0.05, 0.1) is 13.2 Å². The summed E-state index contributed by atoms with van der Waals surface area (Å²) in [6.07, 6.45) is 0. The Bertz CT molecular complexity index is 772. The lowest BCUT2D eigenvalue weighted by Gasteiger charge is -2.04. The standard InChI is InChI=1S/C13H12Si.2C5H8O3/c1-11-7-9-13(10-8-11)14-12-5-3-2-4-6-12;2*1-3-8-4(2)5(6)7/h2-10H,1H3;2*2-3H2,1H3,(H,6,7)/q+2;;/p-2. The number of hydrogen-bond donors (Lipinski definition) is 0. The number of carbonyl (C=O) groups excluding carboxylic acids is 2. The second-order valence-electron chi connectivity index (χ2n) is 5.64. The van der Waals surface area contributed by atoms with Crippen LogP contribution in [-0.4, -0.2) is 34.7 Å². The monoisotopic (exact) mass is 426 g/mol. The third kappa shape index (κ3) is 13.0. The largest absolute Gasteiger partial charge is 1.01 e. The predicted molar refractivity (Wildman–Crippen MR) is 114 cm³/mol. The van der Waals surface area contributed by atoms with E-state index in [0.717, 1.165) is 9.52 Å². The van der Waals surface area contributed by atoms with E-state index in [1.165, 1.54) is 15.9 Å². The molecule has 2 rings (SSSR count). The van der Waals surface area contributed by atoms with Crippen LogP contribution in [-0.2, 0) is 19.1 Å². The van der Waals surface area contributed by atoms with E-state index >= 15 is 0 Å². The Balaban J connectivity index is 0.000000456. The van der Waals surface area contributed by atoms with E-state index in [2.05, 4.69) is 84.2 Å². The van der Waals surface area contributed by atoms with Crippen LogP contribution in [0.15, 0.2) is 79.3 Å². The molecule has 0 fully saturated rings. The number of carboxylic acids is 2. The molecular weight excluding hydrogens is 400 g/mol. The summed E-state index contributed by atoms with van der Waals surface area (Å²) in [7, 11) is 0.773. The number of hydrogen-bond acceptors (Lipinski definition) is 6. The molecule has 0 aliphatic rings. The van der Waals surface area contributed by atoms with E-state index in [9.17, 15) is 19.8 Å². The van der Waals surface area contributed by atoms with Crippen molar-refractivity contribution in [2.45, 2.75) is 20.8 Å². The molecule has 0 spiro atoms. The van der Waals surface area contributed by atoms with Crippen LogP contribution in [0, 0.1) is 6.92 Å². The van der Waals surface area contributed by atoms with E-state index in [0.29, 0.717) is 13.2 Å². The van der Waals surface area contributed by atoms with Crippen molar-refractivity contribution in [3.8, 4) is 0 Å². The zero-order chi connectivity index (χ0) is 22.9. The molecule has 0 unspecified atom stereocenters. The number of rotatable bonds is 8. The number of carbonyl (C=O) groups is 2. The van der Waals surface area contributed by atoms with Crippen molar-refractivity contribution in [3.05, 3.63) is 84.8 Å². The Hall–Kier alpha value is -3.32. The fourth-order valence-corrected chi connectivity index (χ4v) is 2.82. The fourth-order valence-electron chi connectivity index (χ4n) is 1.79. The third-order valence-electron chi connectivity index (χ3n) is 3.21. The van der Waals surface area contributed by atoms with Crippen LogP contribution in [0.4, 0.5) is 0 Å². The summed E-state index contributed by atoms with van der Waals surface area (Å²) in [5, 5.41) is 22.3. The fraction of sp³-hybridized carbons (Fsp3) is 0.217. The second kappa shape index (κ2) is 15.6. The molecule has 30 heavy (non-hydrogen) atoms. The maximum absolute atomic E-state index is 9.75. The van der Waals surface area contributed by atoms with Crippen molar-refractivity contribution in [2.24, 2.45) is 0 Å². The summed E-state index contributed by atoms with van der Waals surface area (Å²) in [5.41, 5.74) is 1.33. The van der Waals surface area contributed by atoms with Gasteiger partial charge in [-0.3, -0.25) is 0 Å². The topological polar surface area (TPSA) is 98.7 Å². The zero-order valence-electron chi connectivity index (χ0n) is 17.5. The van der Waals surface area contributed by atoms with Crippen LogP contribution in [0.3, 0.4) is 0 Å². The molecule has 0 heterocycles. The van der Waals surface area contributed by atoms with E-state index in [1.807, 2.05) is 0 Å². The van der Waals surface area contributed by atoms with Crippen LogP contribution in [0.2, 0.25) is 0 Å². The molecule has 0 bridgehead atoms. The van der Waals surface area contributed by atoms with Gasteiger partial charge in [0.2, 0.25) is 0 Å². The summed E-state index contributed by atoms with van der Waals surface area (Å²) in [6, 6.07) is 19.4. The highest BCUT2D eigenvalue weighted by Gasteiger charge is 2.41. The van der Waals surface area contributed by atoms with Crippen LogP contribution in [0.25, 0.3) is 0 Å². The lowest BCUT2D eigenvalue weighted by Crippen LogP contribution is -2.26. The van der Waals surface area contributed by atoms with E-state index in [4.69, 9.17) is 0 Å². The first-order valence-corrected chi connectivity index (χ1v) is 10.2. The molecule has 2 aromatic carbocycles. The van der Waals surface area contributed by atoms with E-state index < -0.39 is 11.9 Å². The molecule has 158 valence electrons. The molecule has 0 saturated heterocycles. The normalized spacial score (nSPS) is 8.77. The van der Waals surface area contributed by atoms with Gasteiger partial charge in [-0.15, -0.1) is 0 Å². The molecule has 0 atom stereocenters. The molecule has 0 aliphatic heterocycles. The number of aliphatic carboxylic acids is 2. The number of aryl methyl sites for hydroxylation is 1. The van der Waals surface area contributed by atoms with Crippen molar-refractivity contribution in [2.75, 3.05) is 13.2 Å². The second-order valence-corrected chi connectivity index (χ2v) is 7.05. The molecule has 0 aliphatic carbocycles. The minimum atomic E-state index is -1.35. The maximum Gasteiger partial charge on any atom is 1.01 e. The quantitative estimate of drug-likeness (QED) is 0.340. The third-order valence-corrected chi connectivity index (χ3v) is 4.45. The van der Waals surface area contributed by atoms with E-state index in [-0.39, 0.29) is 11.5 Å². The van der Waals surface area contributed by atoms with Crippen molar-refractivity contribution < 1.29 is 29.3 Å². The molecule has 6 nitrogen and oxygen atoms in total. The van der Waals surface area contributed by atoms with Crippen molar-refractivity contribution >= 4 is 31.8 Å². The van der Waals surface area contributed by atoms with Gasteiger partial charge in [0, 0.05) is 24.3 Å². The number of benzene rings is 2. The lowest BCUT2D eigenvalue weighted by molar-refractivity contribution is -0.304. The van der Waals surface area contributed by atoms with Crippen LogP contribution >= 0.6 is 0 Å². The van der Waals surface area contributed by atoms with Gasteiger partial charge in [0.15, 0.2) is 0 Å². The van der Waals surface area contributed by atoms with Gasteiger partial charge in [-0.2, -0.15) is 0 Å². The maximum atomic E-state index is 9.75. The Labute approximate surface area is 180 Å². The molecular formula is C23H26O6Si. The molecule has 0 N–H and O–H groups in total. The number of carboxylic acid groups (broad SMARTS) is 2. The molecule has 0 amide bonds. The van der Waals surface area contributed by atoms with Crippen molar-refractivity contribution in [1.82, 2.24) is 0 Å². The molecule has 2 aromatic rings. The molecule has 0 radical (unpaired) electrons. The van der Waals surface area contributed by atoms with Gasteiger partial charge in [0.1, 0.15) is 23.5 Å². The van der Waals surface area contributed by atoms with Gasteiger partial charge in [-0.1, -0.05) is 49.1 Å². The SMILES string of the molecule is C=C(OCC)C(=O)[O-].C=C(OCC)C(=O)[O-].Cc1ccc([Si+2]c2ccccc2)cc1. The highest BCUT2D eigenvalue weighted by molar-refractivity contribution is 6.67. The summed E-state index contributed by atoms with van der Waals surface area (Å²) in [5.74, 6) is -3.33. The molecule has 7 heteroatoms. The van der Waals surface area contributed by atoms with Crippen molar-refractivity contribution in [1.29, 1.82) is 0 Å². The zero-order valence-corrected chi connectivity index (χ0v) is 18.5. The highest BCUT2D eigenvalue weighted by Crippen LogP contribution is 1.92. The minimum absolute atomic E-state index is 0.312. The average molecular weight is 427 g/mol. The number of ether oxygens (including phenoxy) is 2. The van der Waals surface area contributed by atoms with Gasteiger partial charge < -0.3 is 29.3 Å². The Kier molecular flexibility index (Phi) is 13.9. The van der Waals surface area contributed by atoms with Gasteiger partial charge in [-0.25, -0.2) is 0 Å². The van der Waals surface area contributed by atoms with Crippen LogP contribution in [0.5, 0.6) is 0 Å². The Morgan fingerprint density at radius 3 is 1.53 bits per heavy atom. The molecule has 0 aromatic heterocycles. The first-order chi connectivity index (χ1) is 14.2. The summed E-state index contributed by atoms with van der Waals surface area (Å²) < 4.78 is 8.89. The Morgan fingerprint density at radius 1 is 0.800 bits per heavy atom. The summed E-state index contributed by atoms with van der Waals surface area (Å²) in [4.78, 5) is 19.5. The average Bonchev–Trinajstić information content (AvgIpc) is 2.72. The van der Waals surface area contributed by atoms with Crippen LogP contribution < -0.4 is 20.6 Å². The van der Waals surface area contributed by atoms with Crippen molar-refractivity contribution in [3.63, 3.8) is 0 Å². The summed E-state index contributed by atoms with van der Waals surface area (Å²) >= 11 is 0. The first kappa shape index (κ1) is 26.7. The minimum Gasteiger partial charge on any atom is -0.542 e. The smallest absolute Gasteiger partial charge is 0.542 e. The predicted octanol–water partition coefficient (Wildman–Crippen LogP) is 0.223. The van der Waals surface area contributed by atoms with E-state index in [1.54, 1.807) is 13.8 Å². The summed E-state index contributed by atoms with van der Waals surface area (Å²) in [6.45, 7) is 12.2. The Morgan fingerprint density at radius 2 is 1.20 bits per heavy atom. The molecule has 0 saturated carbocycles. The highest BCUT2D eigenvalue weighted by atomic mass is 28.2. The van der Waals surface area contributed by atoms with Gasteiger partial charge in [0.25, 0.3) is 0 Å².